The van der Waals surface area contributed by atoms with Crippen LogP contribution in [0.2, 0.25) is 0 Å². The monoisotopic (exact) mass is 375 g/mol. The number of aromatic nitrogens is 2. The van der Waals surface area contributed by atoms with Crippen LogP contribution >= 0.6 is 0 Å². The van der Waals surface area contributed by atoms with Crippen molar-refractivity contribution >= 4 is 0 Å². The predicted octanol–water partition coefficient (Wildman–Crippen LogP) is 4.06. The van der Waals surface area contributed by atoms with Crippen molar-refractivity contribution in [3.63, 3.8) is 0 Å². The molecule has 3 aromatic rings. The van der Waals surface area contributed by atoms with Gasteiger partial charge in [0, 0.05) is 32.0 Å². The van der Waals surface area contributed by atoms with Gasteiger partial charge in [0.15, 0.2) is 0 Å². The summed E-state index contributed by atoms with van der Waals surface area (Å²) in [7, 11) is 0. The molecule has 144 valence electrons. The molecular weight excluding hydrogens is 350 g/mol. The number of nitrogens with zero attached hydrogens (tertiary/aromatic N) is 3. The quantitative estimate of drug-likeness (QED) is 0.729. The Morgan fingerprint density at radius 3 is 2.43 bits per heavy atom. The van der Waals surface area contributed by atoms with E-state index in [0.717, 1.165) is 43.8 Å². The lowest BCUT2D eigenvalue weighted by Gasteiger charge is -2.38. The Labute approximate surface area is 165 Å². The Balaban J connectivity index is 1.37. The Kier molecular flexibility index (Phi) is 5.37. The molecule has 1 aliphatic heterocycles. The Bertz CT molecular complexity index is 905. The van der Waals surface area contributed by atoms with Crippen molar-refractivity contribution in [2.45, 2.75) is 31.9 Å². The highest BCUT2D eigenvalue weighted by Crippen LogP contribution is 2.33. The molecule has 1 fully saturated rings. The number of aliphatic hydroxyl groups is 1. The van der Waals surface area contributed by atoms with Crippen LogP contribution in [0, 0.1) is 6.92 Å². The van der Waals surface area contributed by atoms with E-state index >= 15 is 0 Å². The van der Waals surface area contributed by atoms with Crippen molar-refractivity contribution in [1.82, 2.24) is 14.9 Å². The van der Waals surface area contributed by atoms with Crippen LogP contribution in [0.5, 0.6) is 11.8 Å². The molecule has 0 bridgehead atoms. The number of benzene rings is 2. The maximum absolute atomic E-state index is 11.1. The number of hydrogen-bond donors (Lipinski definition) is 1. The van der Waals surface area contributed by atoms with E-state index < -0.39 is 5.60 Å². The lowest BCUT2D eigenvalue weighted by molar-refractivity contribution is -0.0277. The zero-order chi connectivity index (χ0) is 19.4. The van der Waals surface area contributed by atoms with Gasteiger partial charge in [-0.3, -0.25) is 4.90 Å². The topological polar surface area (TPSA) is 58.5 Å². The minimum Gasteiger partial charge on any atom is -0.424 e. The molecule has 0 atom stereocenters. The Morgan fingerprint density at radius 1 is 1.00 bits per heavy atom. The highest BCUT2D eigenvalue weighted by molar-refractivity contribution is 5.31. The van der Waals surface area contributed by atoms with Gasteiger partial charge in [0.25, 0.3) is 0 Å². The van der Waals surface area contributed by atoms with Gasteiger partial charge in [-0.05, 0) is 49.1 Å². The summed E-state index contributed by atoms with van der Waals surface area (Å²) in [4.78, 5) is 10.6. The van der Waals surface area contributed by atoms with Crippen LogP contribution in [-0.2, 0) is 12.1 Å². The minimum absolute atomic E-state index is 0.348. The molecule has 0 amide bonds. The van der Waals surface area contributed by atoms with Gasteiger partial charge in [0.2, 0.25) is 0 Å². The van der Waals surface area contributed by atoms with Crippen LogP contribution in [0.1, 0.15) is 29.5 Å². The van der Waals surface area contributed by atoms with E-state index in [1.165, 1.54) is 11.1 Å². The first-order valence-corrected chi connectivity index (χ1v) is 9.66. The molecule has 5 heteroatoms. The molecule has 2 aromatic carbocycles. The average molecular weight is 375 g/mol. The van der Waals surface area contributed by atoms with E-state index in [1.54, 1.807) is 18.5 Å². The number of hydrogen-bond acceptors (Lipinski definition) is 5. The molecule has 0 spiro atoms. The Morgan fingerprint density at radius 2 is 1.71 bits per heavy atom. The molecule has 0 unspecified atom stereocenters. The van der Waals surface area contributed by atoms with E-state index in [0.29, 0.717) is 6.01 Å². The molecule has 0 saturated carbocycles. The second kappa shape index (κ2) is 8.09. The molecule has 0 aliphatic carbocycles. The van der Waals surface area contributed by atoms with Crippen molar-refractivity contribution in [3.05, 3.63) is 83.7 Å². The number of aryl methyl sites for hydroxylation is 1. The SMILES string of the molecule is Cc1ccc(C2(O)CCN(Cc3cccc(Oc4ncccn4)c3)CC2)cc1. The van der Waals surface area contributed by atoms with Crippen molar-refractivity contribution in [1.29, 1.82) is 0 Å². The zero-order valence-electron chi connectivity index (χ0n) is 16.1. The van der Waals surface area contributed by atoms with Crippen LogP contribution in [0.25, 0.3) is 0 Å². The second-order valence-corrected chi connectivity index (χ2v) is 7.45. The van der Waals surface area contributed by atoms with Crippen LogP contribution in [0.4, 0.5) is 0 Å². The van der Waals surface area contributed by atoms with Crippen LogP contribution in [0.15, 0.2) is 67.0 Å². The van der Waals surface area contributed by atoms with Crippen molar-refractivity contribution in [2.75, 3.05) is 13.1 Å². The summed E-state index contributed by atoms with van der Waals surface area (Å²) in [5, 5.41) is 11.1. The molecule has 1 saturated heterocycles. The third-order valence-electron chi connectivity index (χ3n) is 5.33. The Hall–Kier alpha value is -2.76. The largest absolute Gasteiger partial charge is 0.424 e. The van der Waals surface area contributed by atoms with E-state index in [-0.39, 0.29) is 0 Å². The van der Waals surface area contributed by atoms with Crippen molar-refractivity contribution in [3.8, 4) is 11.8 Å². The standard InChI is InChI=1S/C23H25N3O2/c1-18-6-8-20(9-7-18)23(27)10-14-26(15-11-23)17-19-4-2-5-21(16-19)28-22-24-12-3-13-25-22/h2-9,12-13,16,27H,10-11,14-15,17H2,1H3. The van der Waals surface area contributed by atoms with Crippen LogP contribution in [-0.4, -0.2) is 33.1 Å². The predicted molar refractivity (Wildman–Crippen MR) is 108 cm³/mol. The summed E-state index contributed by atoms with van der Waals surface area (Å²) in [6, 6.07) is 18.4. The lowest BCUT2D eigenvalue weighted by atomic mass is 9.84. The van der Waals surface area contributed by atoms with Gasteiger partial charge in [-0.2, -0.15) is 0 Å². The number of likely N-dealkylation sites (tertiary alicyclic amines) is 1. The number of piperidine rings is 1. The van der Waals surface area contributed by atoms with Gasteiger partial charge in [-0.15, -0.1) is 0 Å². The molecule has 28 heavy (non-hydrogen) atoms. The summed E-state index contributed by atoms with van der Waals surface area (Å²) in [5.74, 6) is 0.733. The fourth-order valence-corrected chi connectivity index (χ4v) is 3.64. The van der Waals surface area contributed by atoms with E-state index in [4.69, 9.17) is 4.74 Å². The minimum atomic E-state index is -0.722. The summed E-state index contributed by atoms with van der Waals surface area (Å²) in [6.45, 7) is 4.61. The third-order valence-corrected chi connectivity index (χ3v) is 5.33. The second-order valence-electron chi connectivity index (χ2n) is 7.45. The number of ether oxygens (including phenoxy) is 1. The van der Waals surface area contributed by atoms with Crippen LogP contribution < -0.4 is 4.74 Å². The van der Waals surface area contributed by atoms with Crippen LogP contribution in [0.3, 0.4) is 0 Å². The molecular formula is C23H25N3O2. The first-order chi connectivity index (χ1) is 13.6. The first kappa shape index (κ1) is 18.6. The smallest absolute Gasteiger partial charge is 0.321 e. The van der Waals surface area contributed by atoms with Gasteiger partial charge in [-0.25, -0.2) is 9.97 Å². The van der Waals surface area contributed by atoms with Gasteiger partial charge in [-0.1, -0.05) is 42.0 Å². The normalized spacial score (nSPS) is 16.6. The van der Waals surface area contributed by atoms with E-state index in [1.807, 2.05) is 18.2 Å². The fourth-order valence-electron chi connectivity index (χ4n) is 3.64. The molecule has 4 rings (SSSR count). The highest BCUT2D eigenvalue weighted by atomic mass is 16.5. The van der Waals surface area contributed by atoms with Gasteiger partial charge >= 0.3 is 6.01 Å². The molecule has 1 aliphatic rings. The summed E-state index contributed by atoms with van der Waals surface area (Å²) in [5.41, 5.74) is 2.69. The van der Waals surface area contributed by atoms with Gasteiger partial charge in [0.1, 0.15) is 5.75 Å². The molecule has 2 heterocycles. The molecule has 5 nitrogen and oxygen atoms in total. The lowest BCUT2D eigenvalue weighted by Crippen LogP contribution is -2.42. The van der Waals surface area contributed by atoms with Crippen molar-refractivity contribution < 1.29 is 9.84 Å². The first-order valence-electron chi connectivity index (χ1n) is 9.66. The third kappa shape index (κ3) is 4.38. The molecule has 1 aromatic heterocycles. The average Bonchev–Trinajstić information content (AvgIpc) is 2.71. The summed E-state index contributed by atoms with van der Waals surface area (Å²) in [6.07, 6.45) is 4.80. The van der Waals surface area contributed by atoms with Crippen molar-refractivity contribution in [2.24, 2.45) is 0 Å². The van der Waals surface area contributed by atoms with E-state index in [9.17, 15) is 5.11 Å². The molecule has 1 N–H and O–H groups in total. The maximum atomic E-state index is 11.1. The van der Waals surface area contributed by atoms with Gasteiger partial charge in [0.05, 0.1) is 5.60 Å². The zero-order valence-corrected chi connectivity index (χ0v) is 16.1. The maximum Gasteiger partial charge on any atom is 0.321 e. The summed E-state index contributed by atoms with van der Waals surface area (Å²) < 4.78 is 5.73. The molecule has 0 radical (unpaired) electrons. The highest BCUT2D eigenvalue weighted by Gasteiger charge is 2.33. The van der Waals surface area contributed by atoms with Gasteiger partial charge < -0.3 is 9.84 Å². The van der Waals surface area contributed by atoms with E-state index in [2.05, 4.69) is 52.1 Å². The fraction of sp³-hybridized carbons (Fsp3) is 0.304. The summed E-state index contributed by atoms with van der Waals surface area (Å²) >= 11 is 0. The number of rotatable bonds is 5.